The SMILES string of the molecule is CCC(CC)C(O)CNC(=O)c1cc(Cl)nc(NC)c1. The molecule has 0 fully saturated rings. The molecule has 0 saturated heterocycles. The molecule has 5 nitrogen and oxygen atoms in total. The van der Waals surface area contributed by atoms with E-state index in [1.807, 2.05) is 13.8 Å². The Morgan fingerprint density at radius 2 is 2.05 bits per heavy atom. The van der Waals surface area contributed by atoms with Gasteiger partial charge in [-0.1, -0.05) is 38.3 Å². The summed E-state index contributed by atoms with van der Waals surface area (Å²) in [5.74, 6) is 0.461. The highest BCUT2D eigenvalue weighted by molar-refractivity contribution is 6.29. The fourth-order valence-corrected chi connectivity index (χ4v) is 2.26. The van der Waals surface area contributed by atoms with Crippen molar-refractivity contribution >= 4 is 23.3 Å². The van der Waals surface area contributed by atoms with Gasteiger partial charge in [-0.05, 0) is 18.1 Å². The Hall–Kier alpha value is -1.33. The molecule has 1 heterocycles. The van der Waals surface area contributed by atoms with E-state index in [-0.39, 0.29) is 23.5 Å². The van der Waals surface area contributed by atoms with Crippen LogP contribution in [0.15, 0.2) is 12.1 Å². The molecule has 1 atom stereocenters. The number of halogens is 1. The van der Waals surface area contributed by atoms with Crippen LogP contribution >= 0.6 is 11.6 Å². The zero-order chi connectivity index (χ0) is 15.1. The molecule has 0 bridgehead atoms. The first-order chi connectivity index (χ1) is 9.51. The molecule has 0 saturated carbocycles. The van der Waals surface area contributed by atoms with Crippen molar-refractivity contribution in [3.05, 3.63) is 22.8 Å². The highest BCUT2D eigenvalue weighted by atomic mass is 35.5. The normalized spacial score (nSPS) is 12.3. The summed E-state index contributed by atoms with van der Waals surface area (Å²) in [5, 5.41) is 15.8. The number of nitrogens with one attached hydrogen (secondary N) is 2. The number of aliphatic hydroxyl groups excluding tert-OH is 1. The van der Waals surface area contributed by atoms with Crippen LogP contribution in [-0.4, -0.2) is 35.7 Å². The summed E-state index contributed by atoms with van der Waals surface area (Å²) in [7, 11) is 1.71. The number of nitrogens with zero attached hydrogens (tertiary/aromatic N) is 1. The van der Waals surface area contributed by atoms with Gasteiger partial charge in [0.25, 0.3) is 5.91 Å². The number of hydrogen-bond acceptors (Lipinski definition) is 4. The number of aliphatic hydroxyl groups is 1. The zero-order valence-corrected chi connectivity index (χ0v) is 12.9. The monoisotopic (exact) mass is 299 g/mol. The second kappa shape index (κ2) is 8.07. The third kappa shape index (κ3) is 4.65. The number of amides is 1. The average molecular weight is 300 g/mol. The molecule has 0 aromatic carbocycles. The number of carbonyl (C=O) groups excluding carboxylic acids is 1. The summed E-state index contributed by atoms with van der Waals surface area (Å²) in [4.78, 5) is 16.0. The molecule has 1 aromatic heterocycles. The number of hydrogen-bond donors (Lipinski definition) is 3. The van der Waals surface area contributed by atoms with Crippen LogP contribution in [0.5, 0.6) is 0 Å². The van der Waals surface area contributed by atoms with Crippen LogP contribution in [0.1, 0.15) is 37.0 Å². The van der Waals surface area contributed by atoms with Gasteiger partial charge in [-0.2, -0.15) is 0 Å². The molecule has 0 aliphatic carbocycles. The van der Waals surface area contributed by atoms with E-state index in [4.69, 9.17) is 11.6 Å². The van der Waals surface area contributed by atoms with Gasteiger partial charge in [0.2, 0.25) is 0 Å². The van der Waals surface area contributed by atoms with Gasteiger partial charge in [0.1, 0.15) is 11.0 Å². The molecule has 6 heteroatoms. The van der Waals surface area contributed by atoms with Crippen molar-refractivity contribution in [1.29, 1.82) is 0 Å². The van der Waals surface area contributed by atoms with Crippen molar-refractivity contribution in [3.8, 4) is 0 Å². The van der Waals surface area contributed by atoms with Crippen LogP contribution < -0.4 is 10.6 Å². The molecule has 112 valence electrons. The maximum absolute atomic E-state index is 12.0. The Labute approximate surface area is 124 Å². The van der Waals surface area contributed by atoms with Crippen LogP contribution in [0, 0.1) is 5.92 Å². The lowest BCUT2D eigenvalue weighted by molar-refractivity contribution is 0.0816. The molecule has 20 heavy (non-hydrogen) atoms. The van der Waals surface area contributed by atoms with Crippen molar-refractivity contribution < 1.29 is 9.90 Å². The van der Waals surface area contributed by atoms with Crippen LogP contribution in [0.3, 0.4) is 0 Å². The third-order valence-electron chi connectivity index (χ3n) is 3.38. The standard InChI is InChI=1S/C14H22ClN3O2/c1-4-9(5-2)11(19)8-17-14(20)10-6-12(15)18-13(7-10)16-3/h6-7,9,11,19H,4-5,8H2,1-3H3,(H,16,18)(H,17,20). The van der Waals surface area contributed by atoms with Crippen LogP contribution in [0.4, 0.5) is 5.82 Å². The Morgan fingerprint density at radius 3 is 2.60 bits per heavy atom. The fourth-order valence-electron chi connectivity index (χ4n) is 2.05. The molecule has 0 radical (unpaired) electrons. The Kier molecular flexibility index (Phi) is 6.75. The summed E-state index contributed by atoms with van der Waals surface area (Å²) in [5.41, 5.74) is 0.422. The minimum atomic E-state index is -0.532. The van der Waals surface area contributed by atoms with Gasteiger partial charge in [0.05, 0.1) is 6.10 Å². The van der Waals surface area contributed by atoms with Gasteiger partial charge >= 0.3 is 0 Å². The van der Waals surface area contributed by atoms with Crippen molar-refractivity contribution in [1.82, 2.24) is 10.3 Å². The average Bonchev–Trinajstić information content (AvgIpc) is 2.45. The summed E-state index contributed by atoms with van der Waals surface area (Å²) in [6.07, 6.45) is 1.24. The predicted molar refractivity (Wildman–Crippen MR) is 81.2 cm³/mol. The Balaban J connectivity index is 2.65. The smallest absolute Gasteiger partial charge is 0.251 e. The highest BCUT2D eigenvalue weighted by Gasteiger charge is 2.17. The van der Waals surface area contributed by atoms with Gasteiger partial charge in [-0.3, -0.25) is 4.79 Å². The van der Waals surface area contributed by atoms with Crippen molar-refractivity contribution in [2.75, 3.05) is 18.9 Å². The second-order valence-electron chi connectivity index (χ2n) is 4.67. The largest absolute Gasteiger partial charge is 0.391 e. The van der Waals surface area contributed by atoms with E-state index in [1.165, 1.54) is 6.07 Å². The first-order valence-electron chi connectivity index (χ1n) is 6.83. The minimum absolute atomic E-state index is 0.198. The Bertz CT molecular complexity index is 450. The van der Waals surface area contributed by atoms with E-state index >= 15 is 0 Å². The van der Waals surface area contributed by atoms with E-state index in [0.29, 0.717) is 11.4 Å². The van der Waals surface area contributed by atoms with E-state index in [9.17, 15) is 9.90 Å². The van der Waals surface area contributed by atoms with Crippen molar-refractivity contribution in [2.45, 2.75) is 32.8 Å². The minimum Gasteiger partial charge on any atom is -0.391 e. The van der Waals surface area contributed by atoms with Gasteiger partial charge in [-0.25, -0.2) is 4.98 Å². The number of anilines is 1. The molecule has 3 N–H and O–H groups in total. The van der Waals surface area contributed by atoms with Gasteiger partial charge < -0.3 is 15.7 Å². The summed E-state index contributed by atoms with van der Waals surface area (Å²) >= 11 is 5.85. The summed E-state index contributed by atoms with van der Waals surface area (Å²) in [6.45, 7) is 4.29. The van der Waals surface area contributed by atoms with Gasteiger partial charge in [0.15, 0.2) is 0 Å². The van der Waals surface area contributed by atoms with E-state index < -0.39 is 6.10 Å². The van der Waals surface area contributed by atoms with Crippen LogP contribution in [-0.2, 0) is 0 Å². The topological polar surface area (TPSA) is 74.2 Å². The maximum Gasteiger partial charge on any atom is 0.251 e. The third-order valence-corrected chi connectivity index (χ3v) is 3.57. The molecule has 0 spiro atoms. The Morgan fingerprint density at radius 1 is 1.40 bits per heavy atom. The number of carbonyl (C=O) groups is 1. The molecule has 0 aliphatic heterocycles. The predicted octanol–water partition coefficient (Wildman–Crippen LogP) is 2.30. The van der Waals surface area contributed by atoms with E-state index in [0.717, 1.165) is 12.8 Å². The van der Waals surface area contributed by atoms with E-state index in [2.05, 4.69) is 15.6 Å². The first kappa shape index (κ1) is 16.7. The second-order valence-corrected chi connectivity index (χ2v) is 5.05. The molecule has 0 aliphatic rings. The molecular formula is C14H22ClN3O2. The highest BCUT2D eigenvalue weighted by Crippen LogP contribution is 2.15. The van der Waals surface area contributed by atoms with Crippen LogP contribution in [0.2, 0.25) is 5.15 Å². The molecule has 1 rings (SSSR count). The first-order valence-corrected chi connectivity index (χ1v) is 7.21. The quantitative estimate of drug-likeness (QED) is 0.675. The molecular weight excluding hydrogens is 278 g/mol. The molecule has 1 unspecified atom stereocenters. The number of aromatic nitrogens is 1. The molecule has 1 aromatic rings. The number of rotatable bonds is 7. The van der Waals surface area contributed by atoms with Crippen LogP contribution in [0.25, 0.3) is 0 Å². The van der Waals surface area contributed by atoms with E-state index in [1.54, 1.807) is 13.1 Å². The van der Waals surface area contributed by atoms with Gasteiger partial charge in [0, 0.05) is 19.2 Å². The molecule has 1 amide bonds. The van der Waals surface area contributed by atoms with Gasteiger partial charge in [-0.15, -0.1) is 0 Å². The fraction of sp³-hybridized carbons (Fsp3) is 0.571. The maximum atomic E-state index is 12.0. The van der Waals surface area contributed by atoms with Crippen molar-refractivity contribution in [3.63, 3.8) is 0 Å². The number of pyridine rings is 1. The lowest BCUT2D eigenvalue weighted by Gasteiger charge is -2.20. The lowest BCUT2D eigenvalue weighted by Crippen LogP contribution is -2.36. The lowest BCUT2D eigenvalue weighted by atomic mass is 9.96. The summed E-state index contributed by atoms with van der Waals surface area (Å²) < 4.78 is 0. The zero-order valence-electron chi connectivity index (χ0n) is 12.1. The summed E-state index contributed by atoms with van der Waals surface area (Å²) in [6, 6.07) is 3.12. The van der Waals surface area contributed by atoms with Crippen molar-refractivity contribution in [2.24, 2.45) is 5.92 Å².